The first kappa shape index (κ1) is 55.6. The maximum Gasteiger partial charge on any atom is 0.342 e. The van der Waals surface area contributed by atoms with Crippen molar-refractivity contribution in [2.45, 2.75) is 121 Å². The molecule has 416 valence electrons. The minimum Gasteiger partial charge on any atom is -0.458 e. The molecule has 0 radical (unpaired) electrons. The fraction of sp³-hybridized carbons (Fsp3) is 0.446. The Morgan fingerprint density at radius 2 is 1.53 bits per heavy atom. The molecule has 3 aliphatic heterocycles. The van der Waals surface area contributed by atoms with E-state index in [2.05, 4.69) is 31.9 Å². The first-order chi connectivity index (χ1) is 37.9. The van der Waals surface area contributed by atoms with E-state index in [1.54, 1.807) is 43.3 Å². The number of aryl methyl sites for hydroxylation is 1. The van der Waals surface area contributed by atoms with Crippen LogP contribution in [0.25, 0.3) is 22.3 Å². The Morgan fingerprint density at radius 3 is 2.28 bits per heavy atom. The van der Waals surface area contributed by atoms with Crippen LogP contribution in [0.2, 0.25) is 0 Å². The number of benzene rings is 2. The zero-order chi connectivity index (χ0) is 56.1. The Labute approximate surface area is 452 Å². The van der Waals surface area contributed by atoms with Crippen LogP contribution in [0.15, 0.2) is 59.4 Å². The Morgan fingerprint density at radius 1 is 0.835 bits per heavy atom. The van der Waals surface area contributed by atoms with Crippen molar-refractivity contribution in [2.75, 3.05) is 32.9 Å². The first-order valence-electron chi connectivity index (χ1n) is 26.6. The number of hydrogen-bond donors (Lipinski definition) is 7. The maximum absolute atomic E-state index is 15.4. The quantitative estimate of drug-likeness (QED) is 0.0237. The molecular formula is C56H62FN9O13. The molecule has 0 saturated heterocycles. The molecule has 0 unspecified atom stereocenters. The van der Waals surface area contributed by atoms with E-state index in [-0.39, 0.29) is 92.6 Å². The van der Waals surface area contributed by atoms with Crippen LogP contribution in [-0.2, 0) is 84.2 Å². The van der Waals surface area contributed by atoms with E-state index >= 15 is 4.39 Å². The van der Waals surface area contributed by atoms with Gasteiger partial charge < -0.3 is 51.0 Å². The Kier molecular flexibility index (Phi) is 16.8. The summed E-state index contributed by atoms with van der Waals surface area (Å²) in [5, 5.41) is 27.8. The average Bonchev–Trinajstić information content (AvgIpc) is 4.12. The number of fused-ring (bicyclic) bond motifs is 5. The molecule has 9 rings (SSSR count). The molecule has 2 aromatic heterocycles. The molecule has 1 fully saturated rings. The highest BCUT2D eigenvalue weighted by Crippen LogP contribution is 2.46. The van der Waals surface area contributed by atoms with Crippen molar-refractivity contribution in [2.24, 2.45) is 5.92 Å². The monoisotopic (exact) mass is 1090 g/mol. The van der Waals surface area contributed by atoms with Crippen LogP contribution in [0.3, 0.4) is 0 Å². The fourth-order valence-electron chi connectivity index (χ4n) is 11.0. The van der Waals surface area contributed by atoms with E-state index < -0.39 is 71.7 Å². The van der Waals surface area contributed by atoms with Gasteiger partial charge in [-0.2, -0.15) is 0 Å². The number of aliphatic hydroxyl groups is 1. The Balaban J connectivity index is 0.717. The van der Waals surface area contributed by atoms with Crippen LogP contribution < -0.4 is 37.5 Å². The van der Waals surface area contributed by atoms with E-state index in [0.717, 1.165) is 27.0 Å². The predicted octanol–water partition coefficient (Wildman–Crippen LogP) is 1.45. The molecule has 79 heavy (non-hydrogen) atoms. The van der Waals surface area contributed by atoms with Crippen LogP contribution in [0, 0.1) is 18.7 Å². The molecule has 5 aliphatic rings. The van der Waals surface area contributed by atoms with Gasteiger partial charge in [-0.1, -0.05) is 36.8 Å². The highest BCUT2D eigenvalue weighted by Gasteiger charge is 2.44. The standard InChI is InChI=1S/C56H62FN9O13/c1-30-34-16-17-39(50-35-27-66-42(51(35)63-40(49(34)50)23-38(30)57)22-37-36(54(66)75)28-78-55(76)56(37,2)77)64-52(73)32-12-14-33(15-13-32)79-29-61-45(69)25-60-53(74)41(21-31-9-5-3-6-10-31)62-46(70)26-59-44(68)24-58-43(67)11-7-4-8-20-65-47(71)18-19-48(65)72/h3,5-6,9-10,18-19,22-23,32-33,39,41,77H,4,7-8,11-17,20-21,24-29H2,1-2H3,(H,58,67)(H,59,68)(H,60,74)(H,61,69)(H,62,70)(H,64,73)/t32-,33-,39-,41-,56-/m0/s1. The van der Waals surface area contributed by atoms with Gasteiger partial charge in [-0.3, -0.25) is 48.1 Å². The maximum atomic E-state index is 15.4. The lowest BCUT2D eigenvalue weighted by molar-refractivity contribution is -0.169. The number of carbonyl (C=O) groups is 9. The molecule has 5 heterocycles. The number of hydrogen-bond acceptors (Lipinski definition) is 14. The van der Waals surface area contributed by atoms with E-state index in [9.17, 15) is 53.1 Å². The van der Waals surface area contributed by atoms with E-state index in [4.69, 9.17) is 14.5 Å². The molecule has 7 N–H and O–H groups in total. The van der Waals surface area contributed by atoms with Gasteiger partial charge in [-0.05, 0) is 93.5 Å². The number of unbranched alkanes of at least 4 members (excludes halogenated alkanes) is 2. The van der Waals surface area contributed by atoms with Crippen molar-refractivity contribution in [3.63, 3.8) is 0 Å². The Hall–Kier alpha value is -8.18. The topological polar surface area (TPSA) is 303 Å². The molecule has 22 nitrogen and oxygen atoms in total. The van der Waals surface area contributed by atoms with Gasteiger partial charge in [-0.15, -0.1) is 0 Å². The second kappa shape index (κ2) is 23.8. The number of nitrogens with one attached hydrogen (secondary N) is 6. The molecule has 0 spiro atoms. The number of imide groups is 1. The molecule has 3 atom stereocenters. The first-order valence-corrected chi connectivity index (χ1v) is 26.6. The van der Waals surface area contributed by atoms with Gasteiger partial charge in [0.2, 0.25) is 35.4 Å². The van der Waals surface area contributed by atoms with Gasteiger partial charge in [-0.25, -0.2) is 14.2 Å². The second-order valence-corrected chi connectivity index (χ2v) is 20.7. The summed E-state index contributed by atoms with van der Waals surface area (Å²) in [7, 11) is 0. The summed E-state index contributed by atoms with van der Waals surface area (Å²) in [4.78, 5) is 134. The summed E-state index contributed by atoms with van der Waals surface area (Å²) in [5.41, 5.74) is 2.38. The zero-order valence-electron chi connectivity index (χ0n) is 43.8. The third-order valence-electron chi connectivity index (χ3n) is 15.4. The number of amides is 8. The summed E-state index contributed by atoms with van der Waals surface area (Å²) in [6.45, 7) is 1.59. The lowest BCUT2D eigenvalue weighted by atomic mass is 9.81. The van der Waals surface area contributed by atoms with Crippen molar-refractivity contribution in [1.29, 1.82) is 0 Å². The number of cyclic esters (lactones) is 1. The van der Waals surface area contributed by atoms with Gasteiger partial charge in [0, 0.05) is 60.0 Å². The number of ether oxygens (including phenoxy) is 2. The van der Waals surface area contributed by atoms with Crippen LogP contribution in [0.1, 0.15) is 110 Å². The summed E-state index contributed by atoms with van der Waals surface area (Å²) in [6.07, 6.45) is 6.92. The van der Waals surface area contributed by atoms with Gasteiger partial charge in [0.05, 0.1) is 60.8 Å². The number of carbonyl (C=O) groups excluding carboxylic acids is 9. The van der Waals surface area contributed by atoms with Crippen LogP contribution >= 0.6 is 0 Å². The molecule has 1 saturated carbocycles. The predicted molar refractivity (Wildman–Crippen MR) is 279 cm³/mol. The highest BCUT2D eigenvalue weighted by molar-refractivity contribution is 6.12. The molecular weight excluding hydrogens is 1030 g/mol. The molecule has 23 heteroatoms. The second-order valence-electron chi connectivity index (χ2n) is 20.7. The van der Waals surface area contributed by atoms with Gasteiger partial charge in [0.25, 0.3) is 17.4 Å². The van der Waals surface area contributed by atoms with Crippen LogP contribution in [-0.4, -0.2) is 118 Å². The third-order valence-corrected chi connectivity index (χ3v) is 15.4. The van der Waals surface area contributed by atoms with Crippen LogP contribution in [0.5, 0.6) is 0 Å². The number of nitrogens with zero attached hydrogens (tertiary/aromatic N) is 3. The van der Waals surface area contributed by atoms with Gasteiger partial charge in [0.1, 0.15) is 25.2 Å². The molecule has 8 amide bonds. The summed E-state index contributed by atoms with van der Waals surface area (Å²) >= 11 is 0. The summed E-state index contributed by atoms with van der Waals surface area (Å²) < 4.78 is 28.1. The average molecular weight is 1090 g/mol. The number of esters is 1. The van der Waals surface area contributed by atoms with Crippen molar-refractivity contribution in [3.05, 3.63) is 110 Å². The summed E-state index contributed by atoms with van der Waals surface area (Å²) in [6, 6.07) is 10.2. The van der Waals surface area contributed by atoms with Crippen molar-refractivity contribution in [1.82, 2.24) is 46.4 Å². The van der Waals surface area contributed by atoms with Crippen molar-refractivity contribution in [3.8, 4) is 11.4 Å². The third kappa shape index (κ3) is 12.3. The molecule has 2 aromatic carbocycles. The Bertz CT molecular complexity index is 3220. The van der Waals surface area contributed by atoms with Gasteiger partial charge >= 0.3 is 5.97 Å². The van der Waals surface area contributed by atoms with Crippen molar-refractivity contribution >= 4 is 64.1 Å². The number of halogens is 1. The number of rotatable bonds is 21. The fourth-order valence-corrected chi connectivity index (χ4v) is 11.0. The van der Waals surface area contributed by atoms with E-state index in [1.165, 1.54) is 29.7 Å². The largest absolute Gasteiger partial charge is 0.458 e. The number of pyridine rings is 2. The molecule has 0 bridgehead atoms. The minimum atomic E-state index is -2.07. The highest BCUT2D eigenvalue weighted by atomic mass is 19.1. The minimum absolute atomic E-state index is 0.0756. The van der Waals surface area contributed by atoms with E-state index in [0.29, 0.717) is 85.8 Å². The SMILES string of the molecule is Cc1c(F)cc2nc3c(c4c2c1CC[C@@H]4NC(=O)[C@H]1CC[C@H](OCNC(=O)CNC(=O)[C@H](Cc2ccccc2)NC(=O)CNC(=O)CNC(=O)CCCCCN2C(=O)C=CC2=O)CC1)Cn1c-3cc2c(c1=O)COC(=O)[C@@]2(C)O. The van der Waals surface area contributed by atoms with Gasteiger partial charge in [0.15, 0.2) is 5.60 Å². The normalized spacial score (nSPS) is 20.1. The van der Waals surface area contributed by atoms with Crippen molar-refractivity contribution < 1.29 is 62.1 Å². The summed E-state index contributed by atoms with van der Waals surface area (Å²) in [5.74, 6) is -5.46. The number of aromatic nitrogens is 2. The lowest BCUT2D eigenvalue weighted by Gasteiger charge is -2.32. The zero-order valence-corrected chi connectivity index (χ0v) is 43.8. The molecule has 2 aliphatic carbocycles. The van der Waals surface area contributed by atoms with Crippen LogP contribution in [0.4, 0.5) is 4.39 Å². The van der Waals surface area contributed by atoms with E-state index in [1.807, 2.05) is 0 Å². The smallest absolute Gasteiger partial charge is 0.342 e. The molecule has 4 aromatic rings. The lowest BCUT2D eigenvalue weighted by Crippen LogP contribution is -2.52.